The number of aryl methyl sites for hydroxylation is 1. The highest BCUT2D eigenvalue weighted by atomic mass is 16.5. The van der Waals surface area contributed by atoms with Crippen molar-refractivity contribution < 1.29 is 9.53 Å². The lowest BCUT2D eigenvalue weighted by atomic mass is 10.2. The lowest BCUT2D eigenvalue weighted by Gasteiger charge is -2.08. The Hall–Kier alpha value is -2.55. The first kappa shape index (κ1) is 13.4. The van der Waals surface area contributed by atoms with Gasteiger partial charge in [-0.1, -0.05) is 31.2 Å². The van der Waals surface area contributed by atoms with E-state index in [0.717, 1.165) is 28.8 Å². The zero-order valence-electron chi connectivity index (χ0n) is 12.2. The summed E-state index contributed by atoms with van der Waals surface area (Å²) >= 11 is 0. The van der Waals surface area contributed by atoms with E-state index >= 15 is 0 Å². The number of fused-ring (bicyclic) bond motifs is 1. The highest BCUT2D eigenvalue weighted by Crippen LogP contribution is 2.29. The number of aromatic nitrogens is 1. The molecule has 0 spiro atoms. The van der Waals surface area contributed by atoms with Crippen molar-refractivity contribution in [3.05, 3.63) is 65.9 Å². The summed E-state index contributed by atoms with van der Waals surface area (Å²) in [6.07, 6.45) is 0.788. The molecule has 0 bridgehead atoms. The number of benzene rings is 2. The molecule has 1 heterocycles. The summed E-state index contributed by atoms with van der Waals surface area (Å²) in [5, 5.41) is 0.973. The van der Waals surface area contributed by atoms with Crippen molar-refractivity contribution in [1.82, 2.24) is 4.57 Å². The van der Waals surface area contributed by atoms with E-state index in [-0.39, 0.29) is 5.91 Å². The van der Waals surface area contributed by atoms with Gasteiger partial charge in [0.15, 0.2) is 0 Å². The first-order chi connectivity index (χ1) is 10.3. The van der Waals surface area contributed by atoms with Crippen LogP contribution in [0.1, 0.15) is 23.0 Å². The van der Waals surface area contributed by atoms with Crippen molar-refractivity contribution in [1.29, 1.82) is 0 Å². The van der Waals surface area contributed by atoms with Gasteiger partial charge in [0.2, 0.25) is 0 Å². The third kappa shape index (κ3) is 2.21. The zero-order chi connectivity index (χ0) is 14.8. The van der Waals surface area contributed by atoms with Crippen LogP contribution in [0, 0.1) is 0 Å². The molecule has 0 radical (unpaired) electrons. The van der Waals surface area contributed by atoms with Crippen molar-refractivity contribution >= 4 is 16.8 Å². The monoisotopic (exact) mass is 279 g/mol. The van der Waals surface area contributed by atoms with E-state index in [1.807, 2.05) is 54.6 Å². The average Bonchev–Trinajstić information content (AvgIpc) is 2.93. The molecule has 3 rings (SSSR count). The molecule has 0 saturated heterocycles. The molecule has 0 unspecified atom stereocenters. The van der Waals surface area contributed by atoms with E-state index in [2.05, 4.69) is 6.92 Å². The van der Waals surface area contributed by atoms with Gasteiger partial charge in [-0.15, -0.1) is 0 Å². The van der Waals surface area contributed by atoms with Crippen LogP contribution in [0.25, 0.3) is 10.9 Å². The molecule has 3 nitrogen and oxygen atoms in total. The Morgan fingerprint density at radius 2 is 1.86 bits per heavy atom. The fourth-order valence-electron chi connectivity index (χ4n) is 2.65. The van der Waals surface area contributed by atoms with Gasteiger partial charge in [0.05, 0.1) is 12.6 Å². The topological polar surface area (TPSA) is 31.2 Å². The SMILES string of the molecule is CCc1cc2c(OC)cccc2n1C(=O)c1ccccc1. The van der Waals surface area contributed by atoms with E-state index in [9.17, 15) is 4.79 Å². The molecule has 3 heteroatoms. The second-order valence-corrected chi connectivity index (χ2v) is 4.89. The Morgan fingerprint density at radius 1 is 1.10 bits per heavy atom. The standard InChI is InChI=1S/C18H17NO2/c1-3-14-12-15-16(10-7-11-17(15)21-2)19(14)18(20)13-8-5-4-6-9-13/h4-12H,3H2,1-2H3. The van der Waals surface area contributed by atoms with Crippen molar-refractivity contribution in [2.75, 3.05) is 7.11 Å². The summed E-state index contributed by atoms with van der Waals surface area (Å²) in [4.78, 5) is 12.8. The fourth-order valence-corrected chi connectivity index (χ4v) is 2.65. The molecular formula is C18H17NO2. The van der Waals surface area contributed by atoms with E-state index in [4.69, 9.17) is 4.74 Å². The van der Waals surface area contributed by atoms with E-state index in [1.54, 1.807) is 11.7 Å². The smallest absolute Gasteiger partial charge is 0.262 e. The first-order valence-corrected chi connectivity index (χ1v) is 7.03. The van der Waals surface area contributed by atoms with Crippen LogP contribution in [0.2, 0.25) is 0 Å². The van der Waals surface area contributed by atoms with Gasteiger partial charge in [-0.2, -0.15) is 0 Å². The molecule has 0 aliphatic heterocycles. The van der Waals surface area contributed by atoms with E-state index < -0.39 is 0 Å². The summed E-state index contributed by atoms with van der Waals surface area (Å²) in [6.45, 7) is 2.05. The molecule has 0 amide bonds. The molecule has 21 heavy (non-hydrogen) atoms. The third-order valence-corrected chi connectivity index (χ3v) is 3.69. The number of ether oxygens (including phenoxy) is 1. The maximum Gasteiger partial charge on any atom is 0.262 e. The van der Waals surface area contributed by atoms with Crippen molar-refractivity contribution in [3.8, 4) is 5.75 Å². The second-order valence-electron chi connectivity index (χ2n) is 4.89. The van der Waals surface area contributed by atoms with Crippen LogP contribution in [0.15, 0.2) is 54.6 Å². The van der Waals surface area contributed by atoms with Gasteiger partial charge in [0.1, 0.15) is 5.75 Å². The van der Waals surface area contributed by atoms with Gasteiger partial charge >= 0.3 is 0 Å². The fraction of sp³-hybridized carbons (Fsp3) is 0.167. The Kier molecular flexibility index (Phi) is 3.48. The van der Waals surface area contributed by atoms with Crippen LogP contribution in [0.3, 0.4) is 0 Å². The van der Waals surface area contributed by atoms with Crippen LogP contribution >= 0.6 is 0 Å². The number of hydrogen-bond acceptors (Lipinski definition) is 2. The molecule has 1 aromatic heterocycles. The van der Waals surface area contributed by atoms with Crippen molar-refractivity contribution in [2.45, 2.75) is 13.3 Å². The number of rotatable bonds is 3. The largest absolute Gasteiger partial charge is 0.496 e. The van der Waals surface area contributed by atoms with Gasteiger partial charge in [-0.3, -0.25) is 9.36 Å². The average molecular weight is 279 g/mol. The van der Waals surface area contributed by atoms with Gasteiger partial charge in [0, 0.05) is 16.6 Å². The van der Waals surface area contributed by atoms with Gasteiger partial charge < -0.3 is 4.74 Å². The number of carbonyl (C=O) groups excluding carboxylic acids is 1. The van der Waals surface area contributed by atoms with Crippen LogP contribution in [0.5, 0.6) is 5.75 Å². The molecule has 0 fully saturated rings. The highest BCUT2D eigenvalue weighted by Gasteiger charge is 2.17. The lowest BCUT2D eigenvalue weighted by Crippen LogP contribution is -2.14. The molecule has 106 valence electrons. The minimum absolute atomic E-state index is 0.00398. The summed E-state index contributed by atoms with van der Waals surface area (Å²) in [7, 11) is 1.65. The Balaban J connectivity index is 2.24. The summed E-state index contributed by atoms with van der Waals surface area (Å²) in [5.74, 6) is 0.789. The summed E-state index contributed by atoms with van der Waals surface area (Å²) in [5.41, 5.74) is 2.57. The zero-order valence-corrected chi connectivity index (χ0v) is 12.2. The molecule has 3 aromatic rings. The summed E-state index contributed by atoms with van der Waals surface area (Å²) < 4.78 is 7.19. The molecular weight excluding hydrogens is 262 g/mol. The van der Waals surface area contributed by atoms with Crippen LogP contribution in [-0.4, -0.2) is 17.6 Å². The quantitative estimate of drug-likeness (QED) is 0.728. The normalized spacial score (nSPS) is 10.8. The molecule has 0 aliphatic rings. The maximum absolute atomic E-state index is 12.8. The van der Waals surface area contributed by atoms with Crippen LogP contribution in [0.4, 0.5) is 0 Å². The molecule has 0 aliphatic carbocycles. The van der Waals surface area contributed by atoms with Gasteiger partial charge in [0.25, 0.3) is 5.91 Å². The Labute approximate surface area is 123 Å². The molecule has 0 saturated carbocycles. The van der Waals surface area contributed by atoms with Crippen molar-refractivity contribution in [2.24, 2.45) is 0 Å². The summed E-state index contributed by atoms with van der Waals surface area (Å²) in [6, 6.07) is 17.2. The van der Waals surface area contributed by atoms with Gasteiger partial charge in [-0.25, -0.2) is 0 Å². The second kappa shape index (κ2) is 5.44. The number of carbonyl (C=O) groups is 1. The minimum atomic E-state index is -0.00398. The predicted octanol–water partition coefficient (Wildman–Crippen LogP) is 3.90. The predicted molar refractivity (Wildman–Crippen MR) is 84.0 cm³/mol. The molecule has 0 atom stereocenters. The van der Waals surface area contributed by atoms with Crippen LogP contribution in [-0.2, 0) is 6.42 Å². The Morgan fingerprint density at radius 3 is 2.52 bits per heavy atom. The van der Waals surface area contributed by atoms with E-state index in [0.29, 0.717) is 5.56 Å². The highest BCUT2D eigenvalue weighted by molar-refractivity contribution is 6.04. The van der Waals surface area contributed by atoms with E-state index in [1.165, 1.54) is 0 Å². The van der Waals surface area contributed by atoms with Crippen molar-refractivity contribution in [3.63, 3.8) is 0 Å². The molecule has 2 aromatic carbocycles. The number of nitrogens with zero attached hydrogens (tertiary/aromatic N) is 1. The lowest BCUT2D eigenvalue weighted by molar-refractivity contribution is 0.0962. The number of hydrogen-bond donors (Lipinski definition) is 0. The molecule has 0 N–H and O–H groups in total. The first-order valence-electron chi connectivity index (χ1n) is 7.03. The maximum atomic E-state index is 12.8. The third-order valence-electron chi connectivity index (χ3n) is 3.69. The minimum Gasteiger partial charge on any atom is -0.496 e. The van der Waals surface area contributed by atoms with Gasteiger partial charge in [-0.05, 0) is 36.8 Å². The number of methoxy groups -OCH3 is 1. The Bertz CT molecular complexity index is 788. The van der Waals surface area contributed by atoms with Crippen LogP contribution < -0.4 is 4.74 Å².